The van der Waals surface area contributed by atoms with E-state index in [0.717, 1.165) is 31.2 Å². The molecule has 4 rings (SSSR count). The first-order valence-corrected chi connectivity index (χ1v) is 19.9. The molecule has 0 radical (unpaired) electrons. The van der Waals surface area contributed by atoms with Gasteiger partial charge in [-0.1, -0.05) is 76.8 Å². The lowest BCUT2D eigenvalue weighted by atomic mass is 9.74. The highest BCUT2D eigenvalue weighted by atomic mass is 16.7. The molecule has 1 aromatic rings. The third-order valence-corrected chi connectivity index (χ3v) is 10.6. The van der Waals surface area contributed by atoms with Crippen LogP contribution in [-0.2, 0) is 54.1 Å². The molecule has 3 heterocycles. The van der Waals surface area contributed by atoms with Gasteiger partial charge in [-0.15, -0.1) is 0 Å². The highest BCUT2D eigenvalue weighted by Crippen LogP contribution is 2.47. The molecule has 14 nitrogen and oxygen atoms in total. The van der Waals surface area contributed by atoms with Crippen molar-refractivity contribution in [2.45, 2.75) is 153 Å². The molecule has 0 spiro atoms. The van der Waals surface area contributed by atoms with E-state index >= 15 is 0 Å². The minimum Gasteiger partial charge on any atom is -0.466 e. The first kappa shape index (κ1) is 45.5. The van der Waals surface area contributed by atoms with Crippen LogP contribution in [-0.4, -0.2) is 108 Å². The van der Waals surface area contributed by atoms with Gasteiger partial charge in [0.1, 0.15) is 6.10 Å². The number of fused-ring (bicyclic) bond motifs is 4. The molecule has 0 aromatic heterocycles. The molecule has 8 atom stereocenters. The van der Waals surface area contributed by atoms with E-state index in [-0.39, 0.29) is 57.0 Å². The molecule has 2 fully saturated rings. The second kappa shape index (κ2) is 22.1. The van der Waals surface area contributed by atoms with E-state index in [4.69, 9.17) is 33.2 Å². The number of aliphatic hydroxyl groups excluding tert-OH is 3. The third-order valence-electron chi connectivity index (χ3n) is 10.6. The molecular formula is C42H62O14. The summed E-state index contributed by atoms with van der Waals surface area (Å²) < 4.78 is 41.5. The van der Waals surface area contributed by atoms with Crippen LogP contribution in [0.15, 0.2) is 48.1 Å². The first-order valence-electron chi connectivity index (χ1n) is 19.9. The number of esters is 3. The number of aliphatic hydroxyl groups is 4. The van der Waals surface area contributed by atoms with Crippen molar-refractivity contribution in [3.63, 3.8) is 0 Å². The summed E-state index contributed by atoms with van der Waals surface area (Å²) in [5.74, 6) is -4.37. The Morgan fingerprint density at radius 2 is 1.77 bits per heavy atom. The van der Waals surface area contributed by atoms with Gasteiger partial charge in [-0.05, 0) is 48.5 Å². The topological polar surface area (TPSA) is 197 Å². The van der Waals surface area contributed by atoms with Gasteiger partial charge in [0.05, 0.1) is 57.8 Å². The fourth-order valence-electron chi connectivity index (χ4n) is 7.25. The highest BCUT2D eigenvalue weighted by molar-refractivity contribution is 5.83. The van der Waals surface area contributed by atoms with Gasteiger partial charge in [-0.25, -0.2) is 4.79 Å². The van der Waals surface area contributed by atoms with Crippen molar-refractivity contribution in [2.75, 3.05) is 26.9 Å². The maximum Gasteiger partial charge on any atom is 0.330 e. The van der Waals surface area contributed by atoms with Crippen LogP contribution in [0.5, 0.6) is 0 Å². The minimum atomic E-state index is -2.30. The molecule has 3 aliphatic heterocycles. The fourth-order valence-corrected chi connectivity index (χ4v) is 7.25. The molecule has 56 heavy (non-hydrogen) atoms. The van der Waals surface area contributed by atoms with Gasteiger partial charge in [0.2, 0.25) is 5.79 Å². The van der Waals surface area contributed by atoms with E-state index in [1.54, 1.807) is 32.1 Å². The maximum absolute atomic E-state index is 13.3. The molecule has 1 aromatic carbocycles. The summed E-state index contributed by atoms with van der Waals surface area (Å²) in [5, 5.41) is 43.5. The lowest BCUT2D eigenvalue weighted by molar-refractivity contribution is -0.327. The Labute approximate surface area is 330 Å². The van der Waals surface area contributed by atoms with Crippen LogP contribution < -0.4 is 0 Å². The summed E-state index contributed by atoms with van der Waals surface area (Å²) in [4.78, 5) is 39.1. The molecule has 14 heteroatoms. The molecule has 2 saturated heterocycles. The molecular weight excluding hydrogens is 728 g/mol. The number of rotatable bonds is 11. The van der Waals surface area contributed by atoms with E-state index < -0.39 is 72.5 Å². The zero-order chi connectivity index (χ0) is 40.7. The Kier molecular flexibility index (Phi) is 17.9. The van der Waals surface area contributed by atoms with E-state index in [1.807, 2.05) is 18.2 Å². The zero-order valence-electron chi connectivity index (χ0n) is 33.3. The molecule has 0 saturated carbocycles. The van der Waals surface area contributed by atoms with Gasteiger partial charge < -0.3 is 53.6 Å². The van der Waals surface area contributed by atoms with E-state index in [2.05, 4.69) is 6.92 Å². The number of cyclic esters (lactones) is 1. The Morgan fingerprint density at radius 1 is 1.00 bits per heavy atom. The number of carbonyl (C=O) groups is 3. The van der Waals surface area contributed by atoms with E-state index in [0.29, 0.717) is 31.4 Å². The van der Waals surface area contributed by atoms with Crippen molar-refractivity contribution < 1.29 is 68.0 Å². The maximum atomic E-state index is 13.3. The van der Waals surface area contributed by atoms with Gasteiger partial charge in [0.25, 0.3) is 0 Å². The lowest BCUT2D eigenvalue weighted by Gasteiger charge is -2.51. The van der Waals surface area contributed by atoms with Crippen LogP contribution in [0.3, 0.4) is 0 Å². The summed E-state index contributed by atoms with van der Waals surface area (Å²) in [6.45, 7) is 5.20. The predicted molar refractivity (Wildman–Crippen MR) is 202 cm³/mol. The van der Waals surface area contributed by atoms with E-state index in [9.17, 15) is 34.8 Å². The number of hydrogen-bond acceptors (Lipinski definition) is 14. The van der Waals surface area contributed by atoms with Gasteiger partial charge in [0, 0.05) is 37.4 Å². The Hall–Kier alpha value is -3.21. The monoisotopic (exact) mass is 790 g/mol. The minimum absolute atomic E-state index is 0.0292. The Morgan fingerprint density at radius 3 is 2.50 bits per heavy atom. The number of benzene rings is 1. The van der Waals surface area contributed by atoms with Crippen molar-refractivity contribution >= 4 is 17.9 Å². The van der Waals surface area contributed by atoms with E-state index in [1.165, 1.54) is 13.2 Å². The van der Waals surface area contributed by atoms with Crippen molar-refractivity contribution in [3.05, 3.63) is 59.2 Å². The first-order chi connectivity index (χ1) is 26.8. The average molecular weight is 791 g/mol. The summed E-state index contributed by atoms with van der Waals surface area (Å²) >= 11 is 0. The van der Waals surface area contributed by atoms with Crippen molar-refractivity contribution in [3.8, 4) is 0 Å². The smallest absolute Gasteiger partial charge is 0.330 e. The number of unbranched alkanes of at least 4 members (excludes halogenated alkanes) is 4. The van der Waals surface area contributed by atoms with Crippen molar-refractivity contribution in [1.29, 1.82) is 0 Å². The van der Waals surface area contributed by atoms with Crippen LogP contribution in [0.2, 0.25) is 0 Å². The van der Waals surface area contributed by atoms with Gasteiger partial charge in [0.15, 0.2) is 12.4 Å². The molecule has 0 aliphatic carbocycles. The SMILES string of the molecule is CCCCCCCC(=O)O[C@H]1/C(=C/C(=O)OC)C[C@H]2C[C@H](CO)OC(=O)C[C@H](O)CCO[C@H](c3cccc(CO)c3)C[C@@H]3CCO[C@H](/C=C/C(C)(C)[C@]1(O)O2)O3. The Balaban J connectivity index is 1.71. The number of hydrogen-bond donors (Lipinski definition) is 4. The van der Waals surface area contributed by atoms with Crippen molar-refractivity contribution in [1.82, 2.24) is 0 Å². The molecule has 314 valence electrons. The second-order valence-corrected chi connectivity index (χ2v) is 15.5. The molecule has 4 N–H and O–H groups in total. The second-order valence-electron chi connectivity index (χ2n) is 15.5. The Bertz CT molecular complexity index is 1470. The summed E-state index contributed by atoms with van der Waals surface area (Å²) in [6, 6.07) is 7.37. The summed E-state index contributed by atoms with van der Waals surface area (Å²) in [7, 11) is 1.21. The molecule has 4 bridgehead atoms. The van der Waals surface area contributed by atoms with Crippen LogP contribution in [0, 0.1) is 5.41 Å². The van der Waals surface area contributed by atoms with Gasteiger partial charge >= 0.3 is 17.9 Å². The molecule has 0 amide bonds. The van der Waals surface area contributed by atoms with Gasteiger partial charge in [-0.2, -0.15) is 0 Å². The van der Waals surface area contributed by atoms with Crippen LogP contribution in [0.1, 0.15) is 115 Å². The highest BCUT2D eigenvalue weighted by Gasteiger charge is 2.57. The summed E-state index contributed by atoms with van der Waals surface area (Å²) in [5.41, 5.74) is 0.392. The van der Waals surface area contributed by atoms with Crippen LogP contribution >= 0.6 is 0 Å². The number of ether oxygens (including phenoxy) is 7. The molecule has 0 unspecified atom stereocenters. The fraction of sp³-hybridized carbons (Fsp3) is 0.690. The van der Waals surface area contributed by atoms with Crippen molar-refractivity contribution in [2.24, 2.45) is 5.41 Å². The average Bonchev–Trinajstić information content (AvgIpc) is 3.17. The number of methoxy groups -OCH3 is 1. The third kappa shape index (κ3) is 13.2. The zero-order valence-corrected chi connectivity index (χ0v) is 33.3. The standard InChI is InChI=1S/C42H62O14/c1-5-6-7-8-9-13-36(46)55-40-30(22-37(47)50-4)21-33-24-34(27-44)53-38(48)23-31(45)15-18-51-35(29-12-10-11-28(20-29)26-43)25-32-16-19-52-39(54-32)14-17-41(2,3)42(40,49)56-33/h10-12,14,17,20,22,31-35,39-40,43-45,49H,5-9,13,15-16,18-19,21,23-27H2,1-4H3/b17-14+,30-22+/t31-,32+,33+,34-,35+,39+,40+,42-/m1/s1. The van der Waals surface area contributed by atoms with Crippen LogP contribution in [0.4, 0.5) is 0 Å². The van der Waals surface area contributed by atoms with Gasteiger partial charge in [-0.3, -0.25) is 9.59 Å². The van der Waals surface area contributed by atoms with Crippen LogP contribution in [0.25, 0.3) is 0 Å². The quantitative estimate of drug-likeness (QED) is 0.0796. The largest absolute Gasteiger partial charge is 0.466 e. The lowest BCUT2D eigenvalue weighted by Crippen LogP contribution is -2.62. The predicted octanol–water partition coefficient (Wildman–Crippen LogP) is 4.64. The molecule has 3 aliphatic rings. The summed E-state index contributed by atoms with van der Waals surface area (Å²) in [6.07, 6.45) is 3.40. The number of carbonyl (C=O) groups excluding carboxylic acids is 3. The normalized spacial score (nSPS) is 31.8.